The fourth-order valence-corrected chi connectivity index (χ4v) is 2.75. The van der Waals surface area contributed by atoms with Gasteiger partial charge in [0.05, 0.1) is 6.42 Å². The van der Waals surface area contributed by atoms with E-state index >= 15 is 0 Å². The Labute approximate surface area is 108 Å². The summed E-state index contributed by atoms with van der Waals surface area (Å²) < 4.78 is 1.77. The largest absolute Gasteiger partial charge is 0.325 e. The number of nitrogens with two attached hydrogens (primary N) is 1. The minimum Gasteiger partial charge on any atom is -0.325 e. The van der Waals surface area contributed by atoms with Gasteiger partial charge in [0.1, 0.15) is 17.9 Å². The molecular formula is C13H22N4O. The van der Waals surface area contributed by atoms with E-state index < -0.39 is 0 Å². The lowest BCUT2D eigenvalue weighted by atomic mass is 9.79. The van der Waals surface area contributed by atoms with Gasteiger partial charge in [-0.25, -0.2) is 9.67 Å². The minimum absolute atomic E-state index is 0.183. The summed E-state index contributed by atoms with van der Waals surface area (Å²) in [6.07, 6.45) is 7.82. The normalized spacial score (nSPS) is 18.8. The van der Waals surface area contributed by atoms with E-state index in [1.54, 1.807) is 4.68 Å². The van der Waals surface area contributed by atoms with Crippen molar-refractivity contribution >= 4 is 5.78 Å². The Morgan fingerprint density at radius 2 is 2.17 bits per heavy atom. The first-order valence-electron chi connectivity index (χ1n) is 6.80. The molecule has 2 rings (SSSR count). The highest BCUT2D eigenvalue weighted by atomic mass is 16.1. The zero-order valence-electron chi connectivity index (χ0n) is 11.1. The number of carbonyl (C=O) groups excluding carboxylic acids is 1. The van der Waals surface area contributed by atoms with Gasteiger partial charge in [-0.05, 0) is 19.8 Å². The Morgan fingerprint density at radius 1 is 1.44 bits per heavy atom. The van der Waals surface area contributed by atoms with Gasteiger partial charge in [0.25, 0.3) is 0 Å². The van der Waals surface area contributed by atoms with Crippen LogP contribution >= 0.6 is 0 Å². The van der Waals surface area contributed by atoms with Crippen LogP contribution in [0.2, 0.25) is 0 Å². The molecule has 1 aromatic rings. The first kappa shape index (κ1) is 13.2. The van der Waals surface area contributed by atoms with E-state index in [0.29, 0.717) is 12.8 Å². The molecule has 1 saturated carbocycles. The van der Waals surface area contributed by atoms with Crippen molar-refractivity contribution in [1.29, 1.82) is 0 Å². The van der Waals surface area contributed by atoms with E-state index in [-0.39, 0.29) is 11.3 Å². The molecule has 0 bridgehead atoms. The van der Waals surface area contributed by atoms with Gasteiger partial charge in [-0.2, -0.15) is 5.10 Å². The summed E-state index contributed by atoms with van der Waals surface area (Å²) >= 11 is 0. The van der Waals surface area contributed by atoms with Gasteiger partial charge in [0, 0.05) is 18.5 Å². The molecule has 1 aliphatic carbocycles. The number of aromatic nitrogens is 3. The molecule has 0 unspecified atom stereocenters. The van der Waals surface area contributed by atoms with Crippen LogP contribution in [0.1, 0.15) is 51.3 Å². The number of carbonyl (C=O) groups is 1. The van der Waals surface area contributed by atoms with E-state index in [1.165, 1.54) is 12.7 Å². The molecule has 0 saturated heterocycles. The molecule has 1 fully saturated rings. The Balaban J connectivity index is 1.92. The van der Waals surface area contributed by atoms with Gasteiger partial charge >= 0.3 is 0 Å². The number of hydrogen-bond acceptors (Lipinski definition) is 4. The van der Waals surface area contributed by atoms with Crippen molar-refractivity contribution in [2.75, 3.05) is 0 Å². The van der Waals surface area contributed by atoms with Crippen molar-refractivity contribution in [3.63, 3.8) is 0 Å². The van der Waals surface area contributed by atoms with Crippen molar-refractivity contribution in [3.8, 4) is 0 Å². The molecule has 0 aromatic carbocycles. The Hall–Kier alpha value is -1.23. The van der Waals surface area contributed by atoms with E-state index in [4.69, 9.17) is 5.73 Å². The molecule has 1 aromatic heterocycles. The number of ketones is 1. The molecule has 5 heteroatoms. The summed E-state index contributed by atoms with van der Waals surface area (Å²) in [7, 11) is 0. The smallest absolute Gasteiger partial charge is 0.142 e. The highest BCUT2D eigenvalue weighted by Gasteiger charge is 2.30. The topological polar surface area (TPSA) is 73.8 Å². The molecule has 2 N–H and O–H groups in total. The lowest BCUT2D eigenvalue weighted by Gasteiger charge is -2.32. The van der Waals surface area contributed by atoms with Crippen molar-refractivity contribution in [1.82, 2.24) is 14.8 Å². The summed E-state index contributed by atoms with van der Waals surface area (Å²) in [6.45, 7) is 2.74. The number of nitrogens with zero attached hydrogens (tertiary/aromatic N) is 3. The van der Waals surface area contributed by atoms with Gasteiger partial charge < -0.3 is 5.73 Å². The monoisotopic (exact) mass is 250 g/mol. The van der Waals surface area contributed by atoms with Gasteiger partial charge in [-0.1, -0.05) is 19.3 Å². The lowest BCUT2D eigenvalue weighted by molar-refractivity contribution is -0.120. The molecule has 1 aliphatic rings. The van der Waals surface area contributed by atoms with Crippen molar-refractivity contribution in [3.05, 3.63) is 12.2 Å². The summed E-state index contributed by atoms with van der Waals surface area (Å²) in [4.78, 5) is 16.2. The first-order valence-corrected chi connectivity index (χ1v) is 6.80. The number of rotatable bonds is 5. The van der Waals surface area contributed by atoms with Crippen LogP contribution < -0.4 is 5.73 Å². The van der Waals surface area contributed by atoms with Gasteiger partial charge in [0.2, 0.25) is 0 Å². The highest BCUT2D eigenvalue weighted by molar-refractivity contribution is 5.81. The molecule has 1 heterocycles. The molecular weight excluding hydrogens is 228 g/mol. The zero-order valence-corrected chi connectivity index (χ0v) is 11.1. The van der Waals surface area contributed by atoms with Crippen molar-refractivity contribution in [2.24, 2.45) is 5.73 Å². The Morgan fingerprint density at radius 3 is 2.83 bits per heavy atom. The fraction of sp³-hybridized carbons (Fsp3) is 0.769. The summed E-state index contributed by atoms with van der Waals surface area (Å²) in [5.41, 5.74) is 6.02. The maximum absolute atomic E-state index is 12.1. The van der Waals surface area contributed by atoms with Crippen LogP contribution in [0.3, 0.4) is 0 Å². The van der Waals surface area contributed by atoms with Crippen LogP contribution in [0.25, 0.3) is 0 Å². The minimum atomic E-state index is -0.271. The molecule has 0 atom stereocenters. The van der Waals surface area contributed by atoms with Gasteiger partial charge in [-0.15, -0.1) is 0 Å². The van der Waals surface area contributed by atoms with Gasteiger partial charge in [-0.3, -0.25) is 4.79 Å². The average Bonchev–Trinajstić information content (AvgIpc) is 2.76. The molecule has 0 aliphatic heterocycles. The third-order valence-electron chi connectivity index (χ3n) is 3.75. The van der Waals surface area contributed by atoms with Crippen LogP contribution in [0, 0.1) is 0 Å². The summed E-state index contributed by atoms with van der Waals surface area (Å²) in [6, 6.07) is 0. The molecule has 0 spiro atoms. The van der Waals surface area contributed by atoms with Crippen LogP contribution in [0.15, 0.2) is 6.33 Å². The third-order valence-corrected chi connectivity index (χ3v) is 3.75. The van der Waals surface area contributed by atoms with E-state index in [2.05, 4.69) is 10.1 Å². The molecule has 0 amide bonds. The number of hydrogen-bond donors (Lipinski definition) is 1. The molecule has 18 heavy (non-hydrogen) atoms. The zero-order chi connectivity index (χ0) is 13.0. The van der Waals surface area contributed by atoms with Crippen molar-refractivity contribution in [2.45, 2.75) is 64.0 Å². The van der Waals surface area contributed by atoms with E-state index in [1.807, 2.05) is 6.92 Å². The predicted molar refractivity (Wildman–Crippen MR) is 69.0 cm³/mol. The quantitative estimate of drug-likeness (QED) is 0.858. The van der Waals surface area contributed by atoms with Gasteiger partial charge in [0.15, 0.2) is 0 Å². The second kappa shape index (κ2) is 5.61. The van der Waals surface area contributed by atoms with E-state index in [9.17, 15) is 4.79 Å². The summed E-state index contributed by atoms with van der Waals surface area (Å²) in [5.74, 6) is 0.934. The maximum Gasteiger partial charge on any atom is 0.142 e. The Kier molecular flexibility index (Phi) is 4.11. The first-order chi connectivity index (χ1) is 8.63. The fourth-order valence-electron chi connectivity index (χ4n) is 2.75. The maximum atomic E-state index is 12.1. The third kappa shape index (κ3) is 3.16. The Bertz CT molecular complexity index is 407. The van der Waals surface area contributed by atoms with Crippen molar-refractivity contribution < 1.29 is 4.79 Å². The second-order valence-corrected chi connectivity index (χ2v) is 5.31. The van der Waals surface area contributed by atoms with Crippen LogP contribution in [0.5, 0.6) is 0 Å². The van der Waals surface area contributed by atoms with Crippen LogP contribution in [-0.4, -0.2) is 26.1 Å². The number of Topliss-reactive ketones (excluding diaryl/α,β-unsaturated/α-hetero) is 1. The highest BCUT2D eigenvalue weighted by Crippen LogP contribution is 2.29. The molecule has 100 valence electrons. The van der Waals surface area contributed by atoms with E-state index in [0.717, 1.165) is 38.1 Å². The lowest BCUT2D eigenvalue weighted by Crippen LogP contribution is -2.43. The van der Waals surface area contributed by atoms with Crippen LogP contribution in [-0.2, 0) is 17.8 Å². The second-order valence-electron chi connectivity index (χ2n) is 5.31. The predicted octanol–water partition coefficient (Wildman–Crippen LogP) is 1.46. The standard InChI is InChI=1S/C13H22N4O/c1-2-17-12(15-10-16-17)8-11(18)9-13(14)6-4-3-5-7-13/h10H,2-9,14H2,1H3. The molecule has 5 nitrogen and oxygen atoms in total. The average molecular weight is 250 g/mol. The number of aryl methyl sites for hydroxylation is 1. The molecule has 0 radical (unpaired) electrons. The van der Waals surface area contributed by atoms with Crippen LogP contribution in [0.4, 0.5) is 0 Å². The summed E-state index contributed by atoms with van der Waals surface area (Å²) in [5, 5.41) is 4.07. The SMILES string of the molecule is CCn1ncnc1CC(=O)CC1(N)CCCCC1.